The molecular weight excluding hydrogens is 370 g/mol. The molecule has 144 valence electrons. The van der Waals surface area contributed by atoms with E-state index in [1.807, 2.05) is 25.1 Å². The van der Waals surface area contributed by atoms with Crippen LogP contribution in [-0.2, 0) is 16.6 Å². The SMILES string of the molecule is CCN(Cc1ccc2c(c1)OCCO2)C(=O)Nc1ccc(S(N)(=O)=O)cc1. The van der Waals surface area contributed by atoms with Crippen molar-refractivity contribution in [1.29, 1.82) is 0 Å². The zero-order chi connectivity index (χ0) is 19.4. The predicted molar refractivity (Wildman–Crippen MR) is 100 cm³/mol. The van der Waals surface area contributed by atoms with Crippen LogP contribution in [0.2, 0.25) is 0 Å². The van der Waals surface area contributed by atoms with Crippen LogP contribution in [0.15, 0.2) is 47.4 Å². The Morgan fingerprint density at radius 2 is 1.78 bits per heavy atom. The van der Waals surface area contributed by atoms with Crippen molar-refractivity contribution in [2.45, 2.75) is 18.4 Å². The molecule has 2 aromatic carbocycles. The number of hydrogen-bond donors (Lipinski definition) is 2. The van der Waals surface area contributed by atoms with Gasteiger partial charge in [-0.05, 0) is 48.9 Å². The van der Waals surface area contributed by atoms with Crippen molar-refractivity contribution in [3.05, 3.63) is 48.0 Å². The normalized spacial score (nSPS) is 13.1. The Morgan fingerprint density at radius 1 is 1.11 bits per heavy atom. The van der Waals surface area contributed by atoms with Gasteiger partial charge in [-0.3, -0.25) is 0 Å². The van der Waals surface area contributed by atoms with Gasteiger partial charge in [-0.2, -0.15) is 0 Å². The summed E-state index contributed by atoms with van der Waals surface area (Å²) in [5.74, 6) is 1.38. The molecule has 0 saturated carbocycles. The third kappa shape index (κ3) is 4.69. The van der Waals surface area contributed by atoms with Gasteiger partial charge in [-0.15, -0.1) is 0 Å². The number of benzene rings is 2. The topological polar surface area (TPSA) is 111 Å². The van der Waals surface area contributed by atoms with Crippen LogP contribution in [0, 0.1) is 0 Å². The standard InChI is InChI=1S/C18H21N3O5S/c1-2-21(12-13-3-8-16-17(11-13)26-10-9-25-16)18(22)20-14-4-6-15(7-5-14)27(19,23)24/h3-8,11H,2,9-10,12H2,1H3,(H,20,22)(H2,19,23,24). The summed E-state index contributed by atoms with van der Waals surface area (Å²) in [7, 11) is -3.76. The molecule has 0 radical (unpaired) electrons. The second kappa shape index (κ2) is 7.85. The molecule has 8 nitrogen and oxygen atoms in total. The van der Waals surface area contributed by atoms with Gasteiger partial charge in [0.25, 0.3) is 0 Å². The number of nitrogens with two attached hydrogens (primary N) is 1. The van der Waals surface area contributed by atoms with E-state index in [1.54, 1.807) is 4.90 Å². The number of hydrogen-bond acceptors (Lipinski definition) is 5. The van der Waals surface area contributed by atoms with Crippen LogP contribution in [-0.4, -0.2) is 39.1 Å². The van der Waals surface area contributed by atoms with Gasteiger partial charge in [-0.1, -0.05) is 6.07 Å². The predicted octanol–water partition coefficient (Wildman–Crippen LogP) is 2.16. The molecule has 0 saturated heterocycles. The quantitative estimate of drug-likeness (QED) is 0.811. The average molecular weight is 391 g/mol. The number of ether oxygens (including phenoxy) is 2. The highest BCUT2D eigenvalue weighted by atomic mass is 32.2. The first kappa shape index (κ1) is 19.0. The molecule has 0 aromatic heterocycles. The molecule has 3 N–H and O–H groups in total. The van der Waals surface area contributed by atoms with Crippen LogP contribution in [0.4, 0.5) is 10.5 Å². The van der Waals surface area contributed by atoms with Crippen LogP contribution < -0.4 is 19.9 Å². The molecule has 3 rings (SSSR count). The maximum absolute atomic E-state index is 12.5. The van der Waals surface area contributed by atoms with Gasteiger partial charge < -0.3 is 19.7 Å². The Labute approximate surface area is 157 Å². The molecule has 1 aliphatic rings. The smallest absolute Gasteiger partial charge is 0.322 e. The van der Waals surface area contributed by atoms with Crippen LogP contribution in [0.1, 0.15) is 12.5 Å². The van der Waals surface area contributed by atoms with Crippen LogP contribution >= 0.6 is 0 Å². The molecule has 27 heavy (non-hydrogen) atoms. The molecule has 2 aromatic rings. The van der Waals surface area contributed by atoms with E-state index in [0.717, 1.165) is 5.56 Å². The minimum Gasteiger partial charge on any atom is -0.486 e. The molecule has 0 unspecified atom stereocenters. The van der Waals surface area contributed by atoms with Gasteiger partial charge in [0.2, 0.25) is 10.0 Å². The van der Waals surface area contributed by atoms with Gasteiger partial charge in [0.05, 0.1) is 4.90 Å². The summed E-state index contributed by atoms with van der Waals surface area (Å²) in [5.41, 5.74) is 1.40. The van der Waals surface area contributed by atoms with Crippen molar-refractivity contribution in [1.82, 2.24) is 4.90 Å². The second-order valence-corrected chi connectivity index (χ2v) is 7.55. The second-order valence-electron chi connectivity index (χ2n) is 5.99. The molecule has 0 atom stereocenters. The van der Waals surface area contributed by atoms with E-state index < -0.39 is 10.0 Å². The monoisotopic (exact) mass is 391 g/mol. The molecule has 2 amide bonds. The lowest BCUT2D eigenvalue weighted by Crippen LogP contribution is -2.34. The van der Waals surface area contributed by atoms with Crippen LogP contribution in [0.5, 0.6) is 11.5 Å². The molecule has 1 heterocycles. The molecule has 1 aliphatic heterocycles. The Kier molecular flexibility index (Phi) is 5.52. The summed E-state index contributed by atoms with van der Waals surface area (Å²) in [6.07, 6.45) is 0. The number of amides is 2. The van der Waals surface area contributed by atoms with Gasteiger partial charge in [0.1, 0.15) is 13.2 Å². The highest BCUT2D eigenvalue weighted by Crippen LogP contribution is 2.31. The van der Waals surface area contributed by atoms with E-state index in [2.05, 4.69) is 5.32 Å². The van der Waals surface area contributed by atoms with E-state index in [-0.39, 0.29) is 10.9 Å². The Balaban J connectivity index is 1.67. The maximum atomic E-state index is 12.5. The van der Waals surface area contributed by atoms with Crippen molar-refractivity contribution in [3.8, 4) is 11.5 Å². The van der Waals surface area contributed by atoms with E-state index in [1.165, 1.54) is 24.3 Å². The first-order valence-corrected chi connectivity index (χ1v) is 9.99. The summed E-state index contributed by atoms with van der Waals surface area (Å²) in [6.45, 7) is 3.80. The zero-order valence-electron chi connectivity index (χ0n) is 14.8. The Morgan fingerprint density at radius 3 is 2.41 bits per heavy atom. The first-order valence-electron chi connectivity index (χ1n) is 8.44. The molecule has 0 fully saturated rings. The summed E-state index contributed by atoms with van der Waals surface area (Å²) >= 11 is 0. The van der Waals surface area contributed by atoms with Gasteiger partial charge in [0, 0.05) is 18.8 Å². The fourth-order valence-electron chi connectivity index (χ4n) is 2.66. The Bertz CT molecular complexity index is 929. The molecule has 0 aliphatic carbocycles. The van der Waals surface area contributed by atoms with Gasteiger partial charge >= 0.3 is 6.03 Å². The molecule has 9 heteroatoms. The largest absolute Gasteiger partial charge is 0.486 e. The van der Waals surface area contributed by atoms with E-state index in [9.17, 15) is 13.2 Å². The number of nitrogens with zero attached hydrogens (tertiary/aromatic N) is 1. The fourth-order valence-corrected chi connectivity index (χ4v) is 3.18. The van der Waals surface area contributed by atoms with E-state index >= 15 is 0 Å². The zero-order valence-corrected chi connectivity index (χ0v) is 15.7. The van der Waals surface area contributed by atoms with E-state index in [0.29, 0.717) is 43.5 Å². The van der Waals surface area contributed by atoms with Crippen LogP contribution in [0.25, 0.3) is 0 Å². The number of anilines is 1. The number of carbonyl (C=O) groups excluding carboxylic acids is 1. The molecular formula is C18H21N3O5S. The minimum absolute atomic E-state index is 0.0101. The third-order valence-electron chi connectivity index (χ3n) is 4.08. The van der Waals surface area contributed by atoms with Crippen molar-refractivity contribution >= 4 is 21.7 Å². The van der Waals surface area contributed by atoms with Gasteiger partial charge in [0.15, 0.2) is 11.5 Å². The minimum atomic E-state index is -3.76. The number of carbonyl (C=O) groups is 1. The van der Waals surface area contributed by atoms with Gasteiger partial charge in [-0.25, -0.2) is 18.4 Å². The number of nitrogens with one attached hydrogen (secondary N) is 1. The summed E-state index contributed by atoms with van der Waals surface area (Å²) in [5, 5.41) is 7.82. The Hall–Kier alpha value is -2.78. The number of rotatable bonds is 5. The highest BCUT2D eigenvalue weighted by molar-refractivity contribution is 7.89. The van der Waals surface area contributed by atoms with Crippen molar-refractivity contribution in [2.24, 2.45) is 5.14 Å². The molecule has 0 spiro atoms. The first-order chi connectivity index (χ1) is 12.9. The van der Waals surface area contributed by atoms with Crippen molar-refractivity contribution in [2.75, 3.05) is 25.1 Å². The number of primary sulfonamides is 1. The average Bonchev–Trinajstić information content (AvgIpc) is 2.65. The third-order valence-corrected chi connectivity index (χ3v) is 5.01. The lowest BCUT2D eigenvalue weighted by atomic mass is 10.2. The van der Waals surface area contributed by atoms with Crippen molar-refractivity contribution in [3.63, 3.8) is 0 Å². The number of fused-ring (bicyclic) bond motifs is 1. The summed E-state index contributed by atoms with van der Waals surface area (Å²) < 4.78 is 33.6. The maximum Gasteiger partial charge on any atom is 0.322 e. The summed E-state index contributed by atoms with van der Waals surface area (Å²) in [4.78, 5) is 14.1. The fraction of sp³-hybridized carbons (Fsp3) is 0.278. The van der Waals surface area contributed by atoms with E-state index in [4.69, 9.17) is 14.6 Å². The highest BCUT2D eigenvalue weighted by Gasteiger charge is 2.16. The van der Waals surface area contributed by atoms with Crippen molar-refractivity contribution < 1.29 is 22.7 Å². The number of urea groups is 1. The molecule has 0 bridgehead atoms. The lowest BCUT2D eigenvalue weighted by molar-refractivity contribution is 0.171. The van der Waals surface area contributed by atoms with Crippen LogP contribution in [0.3, 0.4) is 0 Å². The number of sulfonamides is 1. The lowest BCUT2D eigenvalue weighted by Gasteiger charge is -2.23. The summed E-state index contributed by atoms with van der Waals surface area (Å²) in [6, 6.07) is 11.0.